The third-order valence-corrected chi connectivity index (χ3v) is 3.01. The van der Waals surface area contributed by atoms with Crippen molar-refractivity contribution in [2.24, 2.45) is 0 Å². The Morgan fingerprint density at radius 2 is 2.33 bits per heavy atom. The van der Waals surface area contributed by atoms with E-state index in [1.165, 1.54) is 23.7 Å². The Hall–Kier alpha value is -1.01. The second kappa shape index (κ2) is 4.67. The lowest BCUT2D eigenvalue weighted by atomic mass is 10.3. The van der Waals surface area contributed by atoms with Crippen molar-refractivity contribution >= 4 is 33.1 Å². The molecular formula is C9H7BrFN3S. The van der Waals surface area contributed by atoms with Crippen LogP contribution in [0.2, 0.25) is 0 Å². The Morgan fingerprint density at radius 1 is 1.47 bits per heavy atom. The fourth-order valence-electron chi connectivity index (χ4n) is 1.08. The van der Waals surface area contributed by atoms with Crippen molar-refractivity contribution in [2.75, 3.05) is 5.32 Å². The van der Waals surface area contributed by atoms with Crippen LogP contribution in [0.1, 0.15) is 5.69 Å². The minimum absolute atomic E-state index is 0.261. The van der Waals surface area contributed by atoms with Crippen LogP contribution in [0.3, 0.4) is 0 Å². The van der Waals surface area contributed by atoms with E-state index in [-0.39, 0.29) is 5.82 Å². The van der Waals surface area contributed by atoms with Crippen molar-refractivity contribution in [3.63, 3.8) is 0 Å². The van der Waals surface area contributed by atoms with Gasteiger partial charge in [0, 0.05) is 15.5 Å². The number of hydrogen-bond donors (Lipinski definition) is 1. The second-order valence-electron chi connectivity index (χ2n) is 2.87. The average Bonchev–Trinajstić information content (AvgIpc) is 2.69. The first kappa shape index (κ1) is 10.5. The maximum atomic E-state index is 12.8. The highest BCUT2D eigenvalue weighted by Crippen LogP contribution is 2.23. The van der Waals surface area contributed by atoms with E-state index in [1.54, 1.807) is 6.07 Å². The molecule has 0 amide bonds. The number of hydrogen-bond acceptors (Lipinski definition) is 4. The molecule has 1 heterocycles. The van der Waals surface area contributed by atoms with Gasteiger partial charge in [0.2, 0.25) is 0 Å². The number of anilines is 1. The smallest absolute Gasteiger partial charge is 0.124 e. The molecule has 0 saturated heterocycles. The molecule has 1 aromatic heterocycles. The molecule has 0 bridgehead atoms. The summed E-state index contributed by atoms with van der Waals surface area (Å²) in [7, 11) is 0. The lowest BCUT2D eigenvalue weighted by Crippen LogP contribution is -2.00. The predicted molar refractivity (Wildman–Crippen MR) is 61.3 cm³/mol. The summed E-state index contributed by atoms with van der Waals surface area (Å²) >= 11 is 4.58. The van der Waals surface area contributed by atoms with E-state index in [4.69, 9.17) is 0 Å². The molecule has 1 N–H and O–H groups in total. The SMILES string of the molecule is Fc1ccc(NCc2csnn2)c(Br)c1. The molecule has 0 spiro atoms. The standard InChI is InChI=1S/C9H7BrFN3S/c10-8-3-6(11)1-2-9(8)12-4-7-5-15-14-13-7/h1-3,5,12H,4H2. The van der Waals surface area contributed by atoms with Crippen molar-refractivity contribution in [1.82, 2.24) is 9.59 Å². The summed E-state index contributed by atoms with van der Waals surface area (Å²) in [5.74, 6) is -0.261. The third kappa shape index (κ3) is 2.73. The molecule has 0 fully saturated rings. The van der Waals surface area contributed by atoms with E-state index in [9.17, 15) is 4.39 Å². The largest absolute Gasteiger partial charge is 0.378 e. The molecule has 0 unspecified atom stereocenters. The Labute approximate surface area is 98.6 Å². The lowest BCUT2D eigenvalue weighted by molar-refractivity contribution is 0.627. The number of halogens is 2. The summed E-state index contributed by atoms with van der Waals surface area (Å²) in [6.45, 7) is 0.584. The van der Waals surface area contributed by atoms with Crippen LogP contribution in [-0.4, -0.2) is 9.59 Å². The average molecular weight is 288 g/mol. The van der Waals surface area contributed by atoms with Gasteiger partial charge in [-0.1, -0.05) is 4.49 Å². The number of rotatable bonds is 3. The van der Waals surface area contributed by atoms with Crippen LogP contribution in [0.4, 0.5) is 10.1 Å². The topological polar surface area (TPSA) is 37.8 Å². The van der Waals surface area contributed by atoms with E-state index in [1.807, 2.05) is 5.38 Å². The van der Waals surface area contributed by atoms with Gasteiger partial charge in [0.25, 0.3) is 0 Å². The quantitative estimate of drug-likeness (QED) is 0.943. The molecule has 1 aromatic carbocycles. The van der Waals surface area contributed by atoms with Gasteiger partial charge in [0.05, 0.1) is 12.2 Å². The Morgan fingerprint density at radius 3 is 3.00 bits per heavy atom. The van der Waals surface area contributed by atoms with E-state index in [2.05, 4.69) is 30.8 Å². The van der Waals surface area contributed by atoms with Gasteiger partial charge in [0.15, 0.2) is 0 Å². The van der Waals surface area contributed by atoms with Crippen molar-refractivity contribution in [1.29, 1.82) is 0 Å². The first-order chi connectivity index (χ1) is 7.25. The molecule has 15 heavy (non-hydrogen) atoms. The zero-order valence-electron chi connectivity index (χ0n) is 7.58. The van der Waals surface area contributed by atoms with Gasteiger partial charge in [0.1, 0.15) is 5.82 Å². The highest BCUT2D eigenvalue weighted by atomic mass is 79.9. The molecule has 2 rings (SSSR count). The van der Waals surface area contributed by atoms with E-state index >= 15 is 0 Å². The Balaban J connectivity index is 2.05. The zero-order valence-corrected chi connectivity index (χ0v) is 9.98. The molecule has 0 aliphatic rings. The zero-order chi connectivity index (χ0) is 10.7. The molecule has 0 aliphatic carbocycles. The lowest BCUT2D eigenvalue weighted by Gasteiger charge is -2.06. The van der Waals surface area contributed by atoms with Crippen LogP contribution in [0, 0.1) is 5.82 Å². The summed E-state index contributed by atoms with van der Waals surface area (Å²) in [4.78, 5) is 0. The van der Waals surface area contributed by atoms with Crippen LogP contribution in [-0.2, 0) is 6.54 Å². The number of aromatic nitrogens is 2. The molecule has 2 aromatic rings. The highest BCUT2D eigenvalue weighted by Gasteiger charge is 2.02. The Kier molecular flexibility index (Phi) is 3.27. The first-order valence-electron chi connectivity index (χ1n) is 4.20. The van der Waals surface area contributed by atoms with Crippen molar-refractivity contribution in [3.05, 3.63) is 39.6 Å². The monoisotopic (exact) mass is 287 g/mol. The number of benzene rings is 1. The second-order valence-corrected chi connectivity index (χ2v) is 4.34. The Bertz CT molecular complexity index is 447. The van der Waals surface area contributed by atoms with Gasteiger partial charge in [-0.15, -0.1) is 5.10 Å². The van der Waals surface area contributed by atoms with E-state index < -0.39 is 0 Å². The van der Waals surface area contributed by atoms with Crippen LogP contribution in [0.25, 0.3) is 0 Å². The molecule has 0 aliphatic heterocycles. The molecule has 3 nitrogen and oxygen atoms in total. The maximum Gasteiger partial charge on any atom is 0.124 e. The van der Waals surface area contributed by atoms with Crippen LogP contribution >= 0.6 is 27.5 Å². The molecule has 0 radical (unpaired) electrons. The third-order valence-electron chi connectivity index (χ3n) is 1.80. The molecule has 0 atom stereocenters. The first-order valence-corrected chi connectivity index (χ1v) is 5.83. The summed E-state index contributed by atoms with van der Waals surface area (Å²) in [6, 6.07) is 4.51. The fraction of sp³-hybridized carbons (Fsp3) is 0.111. The summed E-state index contributed by atoms with van der Waals surface area (Å²) < 4.78 is 17.2. The predicted octanol–water partition coefficient (Wildman–Crippen LogP) is 3.05. The normalized spacial score (nSPS) is 10.3. The minimum atomic E-state index is -0.261. The summed E-state index contributed by atoms with van der Waals surface area (Å²) in [5.41, 5.74) is 1.71. The molecular weight excluding hydrogens is 281 g/mol. The number of nitrogens with zero attached hydrogens (tertiary/aromatic N) is 2. The van der Waals surface area contributed by atoms with Gasteiger partial charge in [-0.25, -0.2) is 4.39 Å². The number of nitrogens with one attached hydrogen (secondary N) is 1. The highest BCUT2D eigenvalue weighted by molar-refractivity contribution is 9.10. The summed E-state index contributed by atoms with van der Waals surface area (Å²) in [5, 5.41) is 8.89. The van der Waals surface area contributed by atoms with Gasteiger partial charge in [-0.3, -0.25) is 0 Å². The van der Waals surface area contributed by atoms with Crippen molar-refractivity contribution < 1.29 is 4.39 Å². The molecule has 6 heteroatoms. The van der Waals surface area contributed by atoms with Crippen LogP contribution in [0.5, 0.6) is 0 Å². The van der Waals surface area contributed by atoms with Crippen LogP contribution < -0.4 is 5.32 Å². The molecule has 78 valence electrons. The van der Waals surface area contributed by atoms with Gasteiger partial charge in [-0.05, 0) is 45.7 Å². The van der Waals surface area contributed by atoms with Gasteiger partial charge in [-0.2, -0.15) is 0 Å². The van der Waals surface area contributed by atoms with Gasteiger partial charge >= 0.3 is 0 Å². The van der Waals surface area contributed by atoms with Gasteiger partial charge < -0.3 is 5.32 Å². The molecule has 0 saturated carbocycles. The maximum absolute atomic E-state index is 12.8. The van der Waals surface area contributed by atoms with E-state index in [0.717, 1.165) is 11.4 Å². The van der Waals surface area contributed by atoms with Crippen LogP contribution in [0.15, 0.2) is 28.1 Å². The summed E-state index contributed by atoms with van der Waals surface area (Å²) in [6.07, 6.45) is 0. The van der Waals surface area contributed by atoms with Crippen molar-refractivity contribution in [2.45, 2.75) is 6.54 Å². The minimum Gasteiger partial charge on any atom is -0.378 e. The van der Waals surface area contributed by atoms with Crippen molar-refractivity contribution in [3.8, 4) is 0 Å². The van der Waals surface area contributed by atoms with E-state index in [0.29, 0.717) is 11.0 Å². The fourth-order valence-corrected chi connectivity index (χ4v) is 2.02.